The maximum Gasteiger partial charge on any atom is 0.303 e. The van der Waals surface area contributed by atoms with Crippen LogP contribution in [0.1, 0.15) is 32.3 Å². The average Bonchev–Trinajstić information content (AvgIpc) is 2.32. The molecule has 94 valence electrons. The summed E-state index contributed by atoms with van der Waals surface area (Å²) in [6.45, 7) is 6.23. The van der Waals surface area contributed by atoms with Gasteiger partial charge in [-0.15, -0.1) is 0 Å². The first-order valence-electron chi connectivity index (χ1n) is 6.23. The molecule has 3 heteroatoms. The van der Waals surface area contributed by atoms with Gasteiger partial charge in [-0.2, -0.15) is 0 Å². The van der Waals surface area contributed by atoms with Gasteiger partial charge >= 0.3 is 5.97 Å². The van der Waals surface area contributed by atoms with Gasteiger partial charge in [-0.1, -0.05) is 18.2 Å². The molecular weight excluding hydrogens is 214 g/mol. The van der Waals surface area contributed by atoms with Gasteiger partial charge in [0.2, 0.25) is 0 Å². The number of aliphatic carboxylic acids is 1. The normalized spacial score (nSPS) is 10.2. The van der Waals surface area contributed by atoms with E-state index in [1.165, 1.54) is 11.3 Å². The van der Waals surface area contributed by atoms with E-state index in [0.29, 0.717) is 6.42 Å². The molecule has 17 heavy (non-hydrogen) atoms. The highest BCUT2D eigenvalue weighted by atomic mass is 16.4. The second-order valence-corrected chi connectivity index (χ2v) is 4.05. The Hall–Kier alpha value is -1.51. The topological polar surface area (TPSA) is 40.5 Å². The lowest BCUT2D eigenvalue weighted by atomic mass is 10.1. The number of hydrogen-bond acceptors (Lipinski definition) is 2. The number of benzene rings is 1. The smallest absolute Gasteiger partial charge is 0.303 e. The predicted octanol–water partition coefficient (Wildman–Crippen LogP) is 2.94. The van der Waals surface area contributed by atoms with Gasteiger partial charge in [0, 0.05) is 25.2 Å². The van der Waals surface area contributed by atoms with E-state index in [4.69, 9.17) is 5.11 Å². The first-order valence-corrected chi connectivity index (χ1v) is 6.23. The Labute approximate surface area is 103 Å². The van der Waals surface area contributed by atoms with Crippen LogP contribution in [0.2, 0.25) is 0 Å². The van der Waals surface area contributed by atoms with Crippen molar-refractivity contribution in [2.75, 3.05) is 18.0 Å². The van der Waals surface area contributed by atoms with Gasteiger partial charge in [-0.3, -0.25) is 4.79 Å². The Morgan fingerprint density at radius 1 is 1.24 bits per heavy atom. The standard InChI is InChI=1S/C14H21NO2/c1-3-15(4-2)13-10-6-5-8-12(13)9-7-11-14(16)17/h5-6,8,10H,3-4,7,9,11H2,1-2H3,(H,16,17). The first kappa shape index (κ1) is 13.6. The summed E-state index contributed by atoms with van der Waals surface area (Å²) in [6.07, 6.45) is 1.78. The van der Waals surface area contributed by atoms with Crippen molar-refractivity contribution >= 4 is 11.7 Å². The lowest BCUT2D eigenvalue weighted by molar-refractivity contribution is -0.137. The summed E-state index contributed by atoms with van der Waals surface area (Å²) in [4.78, 5) is 12.8. The van der Waals surface area contributed by atoms with Gasteiger partial charge < -0.3 is 10.0 Å². The summed E-state index contributed by atoms with van der Waals surface area (Å²) in [7, 11) is 0. The number of rotatable bonds is 7. The highest BCUT2D eigenvalue weighted by Gasteiger charge is 2.07. The number of hydrogen-bond donors (Lipinski definition) is 1. The molecule has 0 saturated carbocycles. The van der Waals surface area contributed by atoms with Gasteiger partial charge in [0.05, 0.1) is 0 Å². The van der Waals surface area contributed by atoms with Crippen molar-refractivity contribution in [2.24, 2.45) is 0 Å². The molecule has 1 aromatic carbocycles. The van der Waals surface area contributed by atoms with Crippen LogP contribution in [0, 0.1) is 0 Å². The maximum absolute atomic E-state index is 10.5. The van der Waals surface area contributed by atoms with Crippen molar-refractivity contribution in [3.8, 4) is 0 Å². The largest absolute Gasteiger partial charge is 0.481 e. The third kappa shape index (κ3) is 4.10. The molecule has 0 saturated heterocycles. The summed E-state index contributed by atoms with van der Waals surface area (Å²) in [5.74, 6) is -0.717. The van der Waals surface area contributed by atoms with Gasteiger partial charge in [-0.25, -0.2) is 0 Å². The Balaban J connectivity index is 2.73. The molecule has 0 aromatic heterocycles. The second-order valence-electron chi connectivity index (χ2n) is 4.05. The van der Waals surface area contributed by atoms with Crippen LogP contribution < -0.4 is 4.90 Å². The highest BCUT2D eigenvalue weighted by molar-refractivity contribution is 5.66. The monoisotopic (exact) mass is 235 g/mol. The average molecular weight is 235 g/mol. The summed E-state index contributed by atoms with van der Waals surface area (Å²) >= 11 is 0. The molecule has 0 spiro atoms. The number of para-hydroxylation sites is 1. The Bertz CT molecular complexity index is 359. The van der Waals surface area contributed by atoms with E-state index in [-0.39, 0.29) is 6.42 Å². The predicted molar refractivity (Wildman–Crippen MR) is 70.6 cm³/mol. The van der Waals surface area contributed by atoms with Crippen molar-refractivity contribution in [3.63, 3.8) is 0 Å². The minimum absolute atomic E-state index is 0.243. The molecule has 0 atom stereocenters. The van der Waals surface area contributed by atoms with Crippen LogP contribution in [0.3, 0.4) is 0 Å². The molecule has 0 aliphatic rings. The number of carboxylic acid groups (broad SMARTS) is 1. The molecular formula is C14H21NO2. The molecule has 0 bridgehead atoms. The third-order valence-electron chi connectivity index (χ3n) is 2.93. The van der Waals surface area contributed by atoms with E-state index < -0.39 is 5.97 Å². The maximum atomic E-state index is 10.5. The fourth-order valence-electron chi connectivity index (χ4n) is 2.03. The number of nitrogens with zero attached hydrogens (tertiary/aromatic N) is 1. The van der Waals surface area contributed by atoms with Gasteiger partial charge in [0.15, 0.2) is 0 Å². The zero-order valence-electron chi connectivity index (χ0n) is 10.6. The van der Waals surface area contributed by atoms with Gasteiger partial charge in [0.1, 0.15) is 0 Å². The van der Waals surface area contributed by atoms with Crippen molar-refractivity contribution in [3.05, 3.63) is 29.8 Å². The number of carboxylic acids is 1. The van der Waals surface area contributed by atoms with Crippen LogP contribution in [-0.4, -0.2) is 24.2 Å². The molecule has 0 aliphatic heterocycles. The summed E-state index contributed by atoms with van der Waals surface area (Å²) in [5, 5.41) is 8.65. The zero-order valence-corrected chi connectivity index (χ0v) is 10.6. The summed E-state index contributed by atoms with van der Waals surface area (Å²) in [5.41, 5.74) is 2.49. The quantitative estimate of drug-likeness (QED) is 0.790. The van der Waals surface area contributed by atoms with E-state index in [9.17, 15) is 4.79 Å². The molecule has 0 heterocycles. The van der Waals surface area contributed by atoms with Crippen molar-refractivity contribution in [1.82, 2.24) is 0 Å². The molecule has 0 aliphatic carbocycles. The molecule has 0 fully saturated rings. The minimum Gasteiger partial charge on any atom is -0.481 e. The Morgan fingerprint density at radius 2 is 1.88 bits per heavy atom. The van der Waals surface area contributed by atoms with Crippen LogP contribution >= 0.6 is 0 Å². The SMILES string of the molecule is CCN(CC)c1ccccc1CCCC(=O)O. The minimum atomic E-state index is -0.717. The molecule has 1 aromatic rings. The fraction of sp³-hybridized carbons (Fsp3) is 0.500. The van der Waals surface area contributed by atoms with E-state index in [1.807, 2.05) is 12.1 Å². The number of aryl methyl sites for hydroxylation is 1. The molecule has 0 unspecified atom stereocenters. The van der Waals surface area contributed by atoms with Crippen molar-refractivity contribution < 1.29 is 9.90 Å². The van der Waals surface area contributed by atoms with Crippen molar-refractivity contribution in [2.45, 2.75) is 33.1 Å². The molecule has 0 amide bonds. The van der Waals surface area contributed by atoms with E-state index >= 15 is 0 Å². The van der Waals surface area contributed by atoms with Crippen molar-refractivity contribution in [1.29, 1.82) is 0 Å². The van der Waals surface area contributed by atoms with Gasteiger partial charge in [0.25, 0.3) is 0 Å². The Kier molecular flexibility index (Phi) is 5.53. The molecule has 0 radical (unpaired) electrons. The number of carbonyl (C=O) groups is 1. The van der Waals surface area contributed by atoms with Gasteiger partial charge in [-0.05, 0) is 38.3 Å². The van der Waals surface area contributed by atoms with Crippen LogP contribution in [0.15, 0.2) is 24.3 Å². The van der Waals surface area contributed by atoms with E-state index in [1.54, 1.807) is 0 Å². The lowest BCUT2D eigenvalue weighted by Gasteiger charge is -2.24. The highest BCUT2D eigenvalue weighted by Crippen LogP contribution is 2.21. The van der Waals surface area contributed by atoms with Crippen LogP contribution in [-0.2, 0) is 11.2 Å². The molecule has 3 nitrogen and oxygen atoms in total. The fourth-order valence-corrected chi connectivity index (χ4v) is 2.03. The van der Waals surface area contributed by atoms with E-state index in [0.717, 1.165) is 19.5 Å². The van der Waals surface area contributed by atoms with E-state index in [2.05, 4.69) is 30.9 Å². The zero-order chi connectivity index (χ0) is 12.7. The molecule has 1 N–H and O–H groups in total. The van der Waals surface area contributed by atoms with Crippen LogP contribution in [0.5, 0.6) is 0 Å². The first-order chi connectivity index (χ1) is 8.19. The third-order valence-corrected chi connectivity index (χ3v) is 2.93. The molecule has 1 rings (SSSR count). The summed E-state index contributed by atoms with van der Waals surface area (Å²) < 4.78 is 0. The Morgan fingerprint density at radius 3 is 2.47 bits per heavy atom. The van der Waals surface area contributed by atoms with Crippen LogP contribution in [0.25, 0.3) is 0 Å². The van der Waals surface area contributed by atoms with Crippen LogP contribution in [0.4, 0.5) is 5.69 Å². The second kappa shape index (κ2) is 6.94. The summed E-state index contributed by atoms with van der Waals surface area (Å²) in [6, 6.07) is 8.26. The lowest BCUT2D eigenvalue weighted by Crippen LogP contribution is -2.23. The number of anilines is 1.